The van der Waals surface area contributed by atoms with Crippen molar-refractivity contribution in [3.8, 4) is 17.2 Å². The highest BCUT2D eigenvalue weighted by atomic mass is 16.5. The summed E-state index contributed by atoms with van der Waals surface area (Å²) in [6.07, 6.45) is 9.16. The first-order valence-corrected chi connectivity index (χ1v) is 10.4. The highest BCUT2D eigenvalue weighted by Gasteiger charge is 2.43. The Balaban J connectivity index is 1.88. The van der Waals surface area contributed by atoms with E-state index in [4.69, 9.17) is 18.9 Å². The van der Waals surface area contributed by atoms with Gasteiger partial charge >= 0.3 is 5.97 Å². The lowest BCUT2D eigenvalue weighted by molar-refractivity contribution is -0.158. The van der Waals surface area contributed by atoms with Crippen LogP contribution in [0.1, 0.15) is 44.1 Å². The lowest BCUT2D eigenvalue weighted by Gasteiger charge is -2.47. The lowest BCUT2D eigenvalue weighted by Crippen LogP contribution is -2.57. The van der Waals surface area contributed by atoms with Gasteiger partial charge in [-0.1, -0.05) is 12.8 Å². The SMILES string of the molecule is COC(=O)C1CCC2CCCCC2N1C(=O)C=Cc1cc(OC)c(OC)c(OC)c1. The molecule has 0 bridgehead atoms. The highest BCUT2D eigenvalue weighted by molar-refractivity contribution is 5.95. The van der Waals surface area contributed by atoms with Gasteiger partial charge in [-0.15, -0.1) is 0 Å². The van der Waals surface area contributed by atoms with Gasteiger partial charge in [0.25, 0.3) is 0 Å². The Labute approximate surface area is 177 Å². The van der Waals surface area contributed by atoms with E-state index in [-0.39, 0.29) is 17.9 Å². The summed E-state index contributed by atoms with van der Waals surface area (Å²) < 4.78 is 21.1. The number of esters is 1. The van der Waals surface area contributed by atoms with Gasteiger partial charge in [0.05, 0.1) is 28.4 Å². The van der Waals surface area contributed by atoms with Crippen LogP contribution in [-0.4, -0.2) is 57.3 Å². The van der Waals surface area contributed by atoms with Crippen LogP contribution in [0.5, 0.6) is 17.2 Å². The Morgan fingerprint density at radius 3 is 2.20 bits per heavy atom. The maximum atomic E-state index is 13.2. The summed E-state index contributed by atoms with van der Waals surface area (Å²) in [5, 5.41) is 0. The molecule has 7 nitrogen and oxygen atoms in total. The number of ether oxygens (including phenoxy) is 4. The monoisotopic (exact) mass is 417 g/mol. The summed E-state index contributed by atoms with van der Waals surface area (Å²) in [5.74, 6) is 1.47. The molecule has 1 aliphatic heterocycles. The minimum Gasteiger partial charge on any atom is -0.493 e. The number of likely N-dealkylation sites (tertiary alicyclic amines) is 1. The molecule has 0 radical (unpaired) electrons. The van der Waals surface area contributed by atoms with Gasteiger partial charge in [0.1, 0.15) is 6.04 Å². The molecule has 0 aromatic heterocycles. The number of nitrogens with zero attached hydrogens (tertiary/aromatic N) is 1. The second kappa shape index (κ2) is 9.87. The average molecular weight is 418 g/mol. The molecule has 2 fully saturated rings. The number of carbonyl (C=O) groups excluding carboxylic acids is 2. The average Bonchev–Trinajstić information content (AvgIpc) is 2.80. The van der Waals surface area contributed by atoms with Crippen LogP contribution in [-0.2, 0) is 14.3 Å². The first kappa shape index (κ1) is 22.0. The fourth-order valence-electron chi connectivity index (χ4n) is 4.77. The largest absolute Gasteiger partial charge is 0.493 e. The van der Waals surface area contributed by atoms with Crippen molar-refractivity contribution in [2.75, 3.05) is 28.4 Å². The second-order valence-electron chi connectivity index (χ2n) is 7.77. The number of hydrogen-bond donors (Lipinski definition) is 0. The topological polar surface area (TPSA) is 74.3 Å². The first-order chi connectivity index (χ1) is 14.5. The van der Waals surface area contributed by atoms with Gasteiger partial charge in [-0.2, -0.15) is 0 Å². The van der Waals surface area contributed by atoms with Crippen molar-refractivity contribution in [2.24, 2.45) is 5.92 Å². The summed E-state index contributed by atoms with van der Waals surface area (Å²) in [5.41, 5.74) is 0.740. The van der Waals surface area contributed by atoms with Gasteiger partial charge < -0.3 is 23.8 Å². The Bertz CT molecular complexity index is 780. The molecule has 1 saturated carbocycles. The molecule has 3 atom stereocenters. The Morgan fingerprint density at radius 1 is 0.933 bits per heavy atom. The molecule has 1 heterocycles. The fraction of sp³-hybridized carbons (Fsp3) is 0.565. The fourth-order valence-corrected chi connectivity index (χ4v) is 4.77. The molecule has 164 valence electrons. The smallest absolute Gasteiger partial charge is 0.328 e. The van der Waals surface area contributed by atoms with E-state index < -0.39 is 6.04 Å². The van der Waals surface area contributed by atoms with Crippen LogP contribution in [0.4, 0.5) is 0 Å². The van der Waals surface area contributed by atoms with E-state index in [1.165, 1.54) is 19.6 Å². The predicted octanol–water partition coefficient (Wildman–Crippen LogP) is 3.45. The molecule has 7 heteroatoms. The molecule has 1 aromatic rings. The summed E-state index contributed by atoms with van der Waals surface area (Å²) in [7, 11) is 6.02. The van der Waals surface area contributed by atoms with E-state index in [0.29, 0.717) is 29.6 Å². The van der Waals surface area contributed by atoms with Gasteiger partial charge in [-0.3, -0.25) is 4.79 Å². The Morgan fingerprint density at radius 2 is 1.60 bits per heavy atom. The number of carbonyl (C=O) groups is 2. The van der Waals surface area contributed by atoms with Gasteiger partial charge in [0.2, 0.25) is 11.7 Å². The van der Waals surface area contributed by atoms with E-state index in [1.54, 1.807) is 44.4 Å². The van der Waals surface area contributed by atoms with Crippen molar-refractivity contribution in [2.45, 2.75) is 50.6 Å². The maximum absolute atomic E-state index is 13.2. The Kier molecular flexibility index (Phi) is 7.24. The third-order valence-electron chi connectivity index (χ3n) is 6.21. The Hall–Kier alpha value is -2.70. The molecular formula is C23H31NO6. The minimum atomic E-state index is -0.522. The number of fused-ring (bicyclic) bond motifs is 1. The van der Waals surface area contributed by atoms with Crippen molar-refractivity contribution >= 4 is 18.0 Å². The molecule has 3 unspecified atom stereocenters. The molecule has 0 N–H and O–H groups in total. The van der Waals surface area contributed by atoms with Gasteiger partial charge in [0, 0.05) is 12.1 Å². The lowest BCUT2D eigenvalue weighted by atomic mass is 9.76. The molecule has 1 aliphatic carbocycles. The summed E-state index contributed by atoms with van der Waals surface area (Å²) >= 11 is 0. The molecule has 1 amide bonds. The van der Waals surface area contributed by atoms with Crippen LogP contribution in [0.2, 0.25) is 0 Å². The van der Waals surface area contributed by atoms with Crippen molar-refractivity contribution < 1.29 is 28.5 Å². The number of amides is 1. The van der Waals surface area contributed by atoms with Crippen LogP contribution in [0.25, 0.3) is 6.08 Å². The summed E-state index contributed by atoms with van der Waals surface area (Å²) in [6, 6.07) is 3.13. The number of piperidine rings is 1. The van der Waals surface area contributed by atoms with Gasteiger partial charge in [0.15, 0.2) is 11.5 Å². The van der Waals surface area contributed by atoms with Crippen molar-refractivity contribution in [3.05, 3.63) is 23.8 Å². The number of benzene rings is 1. The number of rotatable bonds is 6. The zero-order valence-electron chi connectivity index (χ0n) is 18.2. The number of methoxy groups -OCH3 is 4. The molecule has 0 spiro atoms. The maximum Gasteiger partial charge on any atom is 0.328 e. The zero-order chi connectivity index (χ0) is 21.7. The standard InChI is InChI=1S/C23H31NO6/c1-27-19-13-15(14-20(28-2)22(19)29-3)9-12-21(25)24-17-8-6-5-7-16(17)10-11-18(24)23(26)30-4/h9,12-14,16-18H,5-8,10-11H2,1-4H3. The van der Waals surface area contributed by atoms with Gasteiger partial charge in [-0.05, 0) is 55.4 Å². The van der Waals surface area contributed by atoms with E-state index >= 15 is 0 Å². The highest BCUT2D eigenvalue weighted by Crippen LogP contribution is 2.40. The predicted molar refractivity (Wildman–Crippen MR) is 113 cm³/mol. The zero-order valence-corrected chi connectivity index (χ0v) is 18.2. The molecule has 30 heavy (non-hydrogen) atoms. The normalized spacial score (nSPS) is 23.6. The van der Waals surface area contributed by atoms with Crippen LogP contribution < -0.4 is 14.2 Å². The molecular weight excluding hydrogens is 386 g/mol. The van der Waals surface area contributed by atoms with Crippen molar-refractivity contribution in [1.29, 1.82) is 0 Å². The van der Waals surface area contributed by atoms with E-state index in [1.807, 2.05) is 0 Å². The summed E-state index contributed by atoms with van der Waals surface area (Å²) in [6.45, 7) is 0. The van der Waals surface area contributed by atoms with Crippen LogP contribution >= 0.6 is 0 Å². The van der Waals surface area contributed by atoms with E-state index in [2.05, 4.69) is 0 Å². The van der Waals surface area contributed by atoms with Crippen molar-refractivity contribution in [1.82, 2.24) is 4.90 Å². The van der Waals surface area contributed by atoms with Crippen LogP contribution in [0.3, 0.4) is 0 Å². The first-order valence-electron chi connectivity index (χ1n) is 10.4. The molecule has 1 aromatic carbocycles. The number of hydrogen-bond acceptors (Lipinski definition) is 6. The molecule has 2 aliphatic rings. The van der Waals surface area contributed by atoms with Crippen LogP contribution in [0, 0.1) is 5.92 Å². The van der Waals surface area contributed by atoms with Gasteiger partial charge in [-0.25, -0.2) is 4.79 Å². The van der Waals surface area contributed by atoms with Crippen LogP contribution in [0.15, 0.2) is 18.2 Å². The quantitative estimate of drug-likeness (QED) is 0.521. The van der Waals surface area contributed by atoms with E-state index in [0.717, 1.165) is 31.2 Å². The second-order valence-corrected chi connectivity index (χ2v) is 7.77. The third-order valence-corrected chi connectivity index (χ3v) is 6.21. The van der Waals surface area contributed by atoms with E-state index in [9.17, 15) is 9.59 Å². The molecule has 3 rings (SSSR count). The minimum absolute atomic E-state index is 0.0914. The third kappa shape index (κ3) is 4.40. The van der Waals surface area contributed by atoms with Crippen molar-refractivity contribution in [3.63, 3.8) is 0 Å². The molecule has 1 saturated heterocycles. The summed E-state index contributed by atoms with van der Waals surface area (Å²) in [4.78, 5) is 27.4.